The van der Waals surface area contributed by atoms with Crippen molar-refractivity contribution in [1.29, 1.82) is 0 Å². The fraction of sp³-hybridized carbons (Fsp3) is 0.462. The highest BCUT2D eigenvalue weighted by molar-refractivity contribution is 5.50. The molecule has 16 heavy (non-hydrogen) atoms. The van der Waals surface area contributed by atoms with Crippen LogP contribution in [-0.4, -0.2) is 12.5 Å². The van der Waals surface area contributed by atoms with Gasteiger partial charge in [-0.1, -0.05) is 18.2 Å². The van der Waals surface area contributed by atoms with E-state index in [1.54, 1.807) is 0 Å². The molecule has 1 heterocycles. The largest absolute Gasteiger partial charge is 0.490 e. The number of para-hydroxylation sites is 1. The Hall–Kier alpha value is -1.51. The summed E-state index contributed by atoms with van der Waals surface area (Å²) in [6, 6.07) is 8.10. The van der Waals surface area contributed by atoms with Crippen molar-refractivity contribution in [2.24, 2.45) is 5.92 Å². The number of hydrogen-bond donors (Lipinski definition) is 1. The van der Waals surface area contributed by atoms with E-state index in [1.165, 1.54) is 12.8 Å². The van der Waals surface area contributed by atoms with Crippen LogP contribution in [0.4, 0.5) is 0 Å². The van der Waals surface area contributed by atoms with Gasteiger partial charge in [-0.15, -0.1) is 0 Å². The number of hydrogen-bond acceptors (Lipinski definition) is 2. The van der Waals surface area contributed by atoms with Gasteiger partial charge in [0.25, 0.3) is 0 Å². The molecule has 3 nitrogen and oxygen atoms in total. The van der Waals surface area contributed by atoms with Gasteiger partial charge in [-0.2, -0.15) is 0 Å². The first-order valence-electron chi connectivity index (χ1n) is 5.84. The van der Waals surface area contributed by atoms with E-state index in [0.29, 0.717) is 5.92 Å². The predicted octanol–water partition coefficient (Wildman–Crippen LogP) is 2.03. The summed E-state index contributed by atoms with van der Waals surface area (Å²) >= 11 is 0. The van der Waals surface area contributed by atoms with Gasteiger partial charge in [0, 0.05) is 12.0 Å². The molecule has 0 bridgehead atoms. The first-order valence-corrected chi connectivity index (χ1v) is 5.84. The highest BCUT2D eigenvalue weighted by Gasteiger charge is 2.38. The Morgan fingerprint density at radius 2 is 2.12 bits per heavy atom. The van der Waals surface area contributed by atoms with Gasteiger partial charge in [-0.3, -0.25) is 4.79 Å². The number of carbonyl (C=O) groups is 1. The molecule has 1 aromatic carbocycles. The first kappa shape index (κ1) is 9.70. The van der Waals surface area contributed by atoms with Crippen LogP contribution < -0.4 is 10.1 Å². The van der Waals surface area contributed by atoms with Crippen molar-refractivity contribution in [3.63, 3.8) is 0 Å². The molecule has 0 aromatic heterocycles. The molecule has 3 rings (SSSR count). The van der Waals surface area contributed by atoms with Crippen molar-refractivity contribution in [3.8, 4) is 5.75 Å². The molecular formula is C13H15NO2. The summed E-state index contributed by atoms with van der Waals surface area (Å²) < 4.78 is 5.98. The fourth-order valence-corrected chi connectivity index (χ4v) is 2.44. The van der Waals surface area contributed by atoms with Crippen molar-refractivity contribution in [3.05, 3.63) is 29.8 Å². The Bertz CT molecular complexity index is 401. The van der Waals surface area contributed by atoms with Gasteiger partial charge in [0.05, 0.1) is 6.04 Å². The SMILES string of the molecule is O=CNC1CC(C2CC2)Oc2ccccc21. The van der Waals surface area contributed by atoms with E-state index in [4.69, 9.17) is 4.74 Å². The highest BCUT2D eigenvalue weighted by atomic mass is 16.5. The van der Waals surface area contributed by atoms with E-state index < -0.39 is 0 Å². The summed E-state index contributed by atoms with van der Waals surface area (Å²) in [6.45, 7) is 0. The molecule has 1 amide bonds. The van der Waals surface area contributed by atoms with Gasteiger partial charge in [-0.05, 0) is 24.8 Å². The number of fused-ring (bicyclic) bond motifs is 1. The molecular weight excluding hydrogens is 202 g/mol. The van der Waals surface area contributed by atoms with Crippen LogP contribution in [0.15, 0.2) is 24.3 Å². The second-order valence-corrected chi connectivity index (χ2v) is 4.60. The Balaban J connectivity index is 1.89. The van der Waals surface area contributed by atoms with Gasteiger partial charge >= 0.3 is 0 Å². The minimum Gasteiger partial charge on any atom is -0.490 e. The third-order valence-corrected chi connectivity index (χ3v) is 3.46. The second kappa shape index (κ2) is 3.81. The van der Waals surface area contributed by atoms with Crippen molar-refractivity contribution in [2.45, 2.75) is 31.4 Å². The Morgan fingerprint density at radius 3 is 2.88 bits per heavy atom. The first-order chi connectivity index (χ1) is 7.88. The lowest BCUT2D eigenvalue weighted by Gasteiger charge is -2.32. The molecule has 1 saturated carbocycles. The Morgan fingerprint density at radius 1 is 1.31 bits per heavy atom. The number of amides is 1. The fourth-order valence-electron chi connectivity index (χ4n) is 2.44. The lowest BCUT2D eigenvalue weighted by molar-refractivity contribution is -0.110. The van der Waals surface area contributed by atoms with Gasteiger partial charge in [-0.25, -0.2) is 0 Å². The highest BCUT2D eigenvalue weighted by Crippen LogP contribution is 2.43. The average molecular weight is 217 g/mol. The smallest absolute Gasteiger partial charge is 0.207 e. The number of rotatable bonds is 3. The topological polar surface area (TPSA) is 38.3 Å². The van der Waals surface area contributed by atoms with E-state index in [-0.39, 0.29) is 12.1 Å². The van der Waals surface area contributed by atoms with Crippen molar-refractivity contribution in [1.82, 2.24) is 5.32 Å². The molecule has 1 aliphatic carbocycles. The molecule has 0 spiro atoms. The van der Waals surface area contributed by atoms with Crippen LogP contribution in [-0.2, 0) is 4.79 Å². The molecule has 1 fully saturated rings. The average Bonchev–Trinajstić information content (AvgIpc) is 3.13. The predicted molar refractivity (Wildman–Crippen MR) is 60.1 cm³/mol. The number of carbonyl (C=O) groups excluding carboxylic acids is 1. The second-order valence-electron chi connectivity index (χ2n) is 4.60. The van der Waals surface area contributed by atoms with Gasteiger partial charge in [0.2, 0.25) is 6.41 Å². The maximum Gasteiger partial charge on any atom is 0.207 e. The summed E-state index contributed by atoms with van der Waals surface area (Å²) in [5.41, 5.74) is 1.10. The van der Waals surface area contributed by atoms with E-state index in [1.807, 2.05) is 24.3 Å². The van der Waals surface area contributed by atoms with Crippen molar-refractivity contribution >= 4 is 6.41 Å². The summed E-state index contributed by atoms with van der Waals surface area (Å²) in [4.78, 5) is 10.6. The van der Waals surface area contributed by atoms with Crippen LogP contribution in [0, 0.1) is 5.92 Å². The number of ether oxygens (including phenoxy) is 1. The Kier molecular flexibility index (Phi) is 2.31. The molecule has 3 heteroatoms. The summed E-state index contributed by atoms with van der Waals surface area (Å²) in [5, 5.41) is 2.89. The maximum atomic E-state index is 10.6. The zero-order chi connectivity index (χ0) is 11.0. The van der Waals surface area contributed by atoms with Crippen molar-refractivity contribution < 1.29 is 9.53 Å². The minimum atomic E-state index is 0.119. The van der Waals surface area contributed by atoms with E-state index in [0.717, 1.165) is 24.1 Å². The third-order valence-electron chi connectivity index (χ3n) is 3.46. The normalized spacial score (nSPS) is 27.8. The third kappa shape index (κ3) is 1.66. The molecule has 0 radical (unpaired) electrons. The lowest BCUT2D eigenvalue weighted by Crippen LogP contribution is -2.33. The van der Waals surface area contributed by atoms with Crippen molar-refractivity contribution in [2.75, 3.05) is 0 Å². The van der Waals surface area contributed by atoms with E-state index >= 15 is 0 Å². The van der Waals surface area contributed by atoms with Crippen LogP contribution in [0.25, 0.3) is 0 Å². The molecule has 2 atom stereocenters. The van der Waals surface area contributed by atoms with Gasteiger partial charge in [0.1, 0.15) is 11.9 Å². The lowest BCUT2D eigenvalue weighted by atomic mass is 9.94. The van der Waals surface area contributed by atoms with Crippen LogP contribution in [0.3, 0.4) is 0 Å². The zero-order valence-corrected chi connectivity index (χ0v) is 9.06. The molecule has 2 aliphatic rings. The molecule has 2 unspecified atom stereocenters. The zero-order valence-electron chi connectivity index (χ0n) is 9.06. The van der Waals surface area contributed by atoms with Crippen LogP contribution >= 0.6 is 0 Å². The Labute approximate surface area is 94.8 Å². The van der Waals surface area contributed by atoms with E-state index in [9.17, 15) is 4.79 Å². The maximum absolute atomic E-state index is 10.6. The van der Waals surface area contributed by atoms with Gasteiger partial charge < -0.3 is 10.1 Å². The monoisotopic (exact) mass is 217 g/mol. The van der Waals surface area contributed by atoms with Crippen LogP contribution in [0.1, 0.15) is 30.9 Å². The quantitative estimate of drug-likeness (QED) is 0.787. The minimum absolute atomic E-state index is 0.119. The summed E-state index contributed by atoms with van der Waals surface area (Å²) in [5.74, 6) is 1.63. The number of nitrogens with one attached hydrogen (secondary N) is 1. The molecule has 84 valence electrons. The molecule has 1 aromatic rings. The number of benzene rings is 1. The molecule has 1 N–H and O–H groups in total. The van der Waals surface area contributed by atoms with Crippen LogP contribution in [0.5, 0.6) is 5.75 Å². The van der Waals surface area contributed by atoms with Crippen LogP contribution in [0.2, 0.25) is 0 Å². The molecule has 1 aliphatic heterocycles. The summed E-state index contributed by atoms with van der Waals surface area (Å²) in [6.07, 6.45) is 4.51. The molecule has 0 saturated heterocycles. The standard InChI is InChI=1S/C13H15NO2/c15-8-14-11-7-13(9-5-6-9)16-12-4-2-1-3-10(11)12/h1-4,8-9,11,13H,5-7H2,(H,14,15). The van der Waals surface area contributed by atoms with Gasteiger partial charge in [0.15, 0.2) is 0 Å². The van der Waals surface area contributed by atoms with E-state index in [2.05, 4.69) is 5.32 Å². The summed E-state index contributed by atoms with van der Waals surface area (Å²) in [7, 11) is 0.